The number of carbonyl (C=O) groups excluding carboxylic acids is 1. The van der Waals surface area contributed by atoms with Crippen LogP contribution in [0.2, 0.25) is 0 Å². The fraction of sp³-hybridized carbons (Fsp3) is 0.600. The first-order valence-corrected chi connectivity index (χ1v) is 11.6. The summed E-state index contributed by atoms with van der Waals surface area (Å²) in [7, 11) is -0.412. The number of hydrogen-bond acceptors (Lipinski definition) is 4. The Kier molecular flexibility index (Phi) is 4.85. The highest BCUT2D eigenvalue weighted by Gasteiger charge is 2.46. The van der Waals surface area contributed by atoms with Crippen molar-refractivity contribution < 1.29 is 13.2 Å². The monoisotopic (exact) mass is 420 g/mol. The third kappa shape index (κ3) is 3.11. The van der Waals surface area contributed by atoms with E-state index in [-0.39, 0.29) is 23.0 Å². The van der Waals surface area contributed by atoms with Crippen molar-refractivity contribution in [3.8, 4) is 0 Å². The summed E-state index contributed by atoms with van der Waals surface area (Å²) in [6.45, 7) is 2.61. The van der Waals surface area contributed by atoms with Crippen molar-refractivity contribution in [2.75, 3.05) is 19.6 Å². The van der Waals surface area contributed by atoms with E-state index in [0.29, 0.717) is 24.1 Å². The first-order valence-electron chi connectivity index (χ1n) is 10.1. The molecule has 1 aromatic carbocycles. The molecule has 1 aliphatic carbocycles. The number of amides is 1. The molecule has 2 fully saturated rings. The Morgan fingerprint density at radius 2 is 1.66 bits per heavy atom. The summed E-state index contributed by atoms with van der Waals surface area (Å²) < 4.78 is 31.4. The van der Waals surface area contributed by atoms with Gasteiger partial charge in [-0.15, -0.1) is 0 Å². The number of sulfonamides is 1. The maximum absolute atomic E-state index is 13.5. The number of piperazine rings is 1. The van der Waals surface area contributed by atoms with Gasteiger partial charge < -0.3 is 4.90 Å². The van der Waals surface area contributed by atoms with Gasteiger partial charge in [-0.3, -0.25) is 13.9 Å². The first-order chi connectivity index (χ1) is 13.7. The molecule has 0 N–H and O–H groups in total. The summed E-state index contributed by atoms with van der Waals surface area (Å²) in [5, 5.41) is 0. The molecule has 1 saturated heterocycles. The number of nitrogens with zero attached hydrogens (tertiary/aromatic N) is 4. The van der Waals surface area contributed by atoms with Crippen LogP contribution in [0.1, 0.15) is 39.0 Å². The van der Waals surface area contributed by atoms with Gasteiger partial charge in [-0.1, -0.05) is 19.3 Å². The Hall–Kier alpha value is -2.13. The number of fused-ring (bicyclic) bond motifs is 1. The molecule has 158 valence electrons. The zero-order chi connectivity index (χ0) is 21.0. The van der Waals surface area contributed by atoms with Gasteiger partial charge in [-0.2, -0.15) is 4.31 Å². The van der Waals surface area contributed by atoms with E-state index in [1.165, 1.54) is 13.4 Å². The minimum atomic E-state index is -3.73. The standard InChI is InChI=1S/C20H28N4O4S/c1-15(25)24-12-11-23(14-20(24)9-5-4-6-10-20)29(27,28)16-7-8-17-18(13-16)22(3)19(26)21(17)2/h7-8,13H,4-6,9-12,14H2,1-3H3. The zero-order valence-electron chi connectivity index (χ0n) is 17.2. The van der Waals surface area contributed by atoms with Crippen molar-refractivity contribution >= 4 is 27.0 Å². The molecule has 2 aliphatic rings. The molecule has 0 unspecified atom stereocenters. The molecule has 0 radical (unpaired) electrons. The molecule has 2 aromatic rings. The molecule has 1 aliphatic heterocycles. The van der Waals surface area contributed by atoms with Crippen LogP contribution in [0.3, 0.4) is 0 Å². The lowest BCUT2D eigenvalue weighted by Gasteiger charge is -2.52. The maximum Gasteiger partial charge on any atom is 0.328 e. The second-order valence-corrected chi connectivity index (χ2v) is 10.3. The molecule has 1 aromatic heterocycles. The van der Waals surface area contributed by atoms with Crippen LogP contribution in [-0.2, 0) is 28.9 Å². The maximum atomic E-state index is 13.5. The van der Waals surface area contributed by atoms with E-state index in [4.69, 9.17) is 0 Å². The van der Waals surface area contributed by atoms with Gasteiger partial charge >= 0.3 is 5.69 Å². The number of rotatable bonds is 2. The number of carbonyl (C=O) groups is 1. The van der Waals surface area contributed by atoms with Gasteiger partial charge in [-0.25, -0.2) is 13.2 Å². The van der Waals surface area contributed by atoms with Gasteiger partial charge in [0.15, 0.2) is 0 Å². The van der Waals surface area contributed by atoms with Crippen LogP contribution in [-0.4, -0.2) is 57.8 Å². The highest BCUT2D eigenvalue weighted by Crippen LogP contribution is 2.38. The average Bonchev–Trinajstić information content (AvgIpc) is 2.92. The fourth-order valence-electron chi connectivity index (χ4n) is 5.07. The molecule has 4 rings (SSSR count). The summed E-state index contributed by atoms with van der Waals surface area (Å²) in [4.78, 5) is 26.5. The second kappa shape index (κ2) is 6.98. The molecule has 0 atom stereocenters. The summed E-state index contributed by atoms with van der Waals surface area (Å²) in [6, 6.07) is 4.84. The van der Waals surface area contributed by atoms with Crippen molar-refractivity contribution in [1.82, 2.24) is 18.3 Å². The minimum Gasteiger partial charge on any atom is -0.335 e. The van der Waals surface area contributed by atoms with Crippen LogP contribution in [0.5, 0.6) is 0 Å². The van der Waals surface area contributed by atoms with E-state index in [1.54, 1.807) is 39.2 Å². The molecule has 2 heterocycles. The van der Waals surface area contributed by atoms with Crippen molar-refractivity contribution in [3.63, 3.8) is 0 Å². The number of imidazole rings is 1. The average molecular weight is 421 g/mol. The zero-order valence-corrected chi connectivity index (χ0v) is 18.0. The van der Waals surface area contributed by atoms with Gasteiger partial charge in [0.1, 0.15) is 0 Å². The van der Waals surface area contributed by atoms with Gasteiger partial charge in [0, 0.05) is 40.7 Å². The first kappa shape index (κ1) is 20.2. The fourth-order valence-corrected chi connectivity index (χ4v) is 6.60. The molecule has 1 saturated carbocycles. The third-order valence-electron chi connectivity index (χ3n) is 6.66. The summed E-state index contributed by atoms with van der Waals surface area (Å²) in [5.74, 6) is 0.0182. The predicted molar refractivity (Wildman–Crippen MR) is 110 cm³/mol. The smallest absolute Gasteiger partial charge is 0.328 e. The van der Waals surface area contributed by atoms with E-state index < -0.39 is 15.6 Å². The lowest BCUT2D eigenvalue weighted by molar-refractivity contribution is -0.140. The molecule has 9 heteroatoms. The van der Waals surface area contributed by atoms with E-state index >= 15 is 0 Å². The van der Waals surface area contributed by atoms with Crippen LogP contribution in [0.25, 0.3) is 11.0 Å². The van der Waals surface area contributed by atoms with Crippen molar-refractivity contribution in [2.45, 2.75) is 49.5 Å². The Labute approximate surface area is 170 Å². The Morgan fingerprint density at radius 1 is 1.00 bits per heavy atom. The van der Waals surface area contributed by atoms with Gasteiger partial charge in [0.05, 0.1) is 21.5 Å². The molecular formula is C20H28N4O4S. The van der Waals surface area contributed by atoms with Crippen molar-refractivity contribution in [1.29, 1.82) is 0 Å². The summed E-state index contributed by atoms with van der Waals surface area (Å²) in [6.07, 6.45) is 4.82. The number of aryl methyl sites for hydroxylation is 2. The third-order valence-corrected chi connectivity index (χ3v) is 8.50. The predicted octanol–water partition coefficient (Wildman–Crippen LogP) is 1.43. The van der Waals surface area contributed by atoms with Crippen molar-refractivity contribution in [3.05, 3.63) is 28.7 Å². The van der Waals surface area contributed by atoms with E-state index in [0.717, 1.165) is 32.1 Å². The topological polar surface area (TPSA) is 84.6 Å². The van der Waals surface area contributed by atoms with E-state index in [2.05, 4.69) is 0 Å². The molecule has 29 heavy (non-hydrogen) atoms. The SMILES string of the molecule is CC(=O)N1CCN(S(=O)(=O)c2ccc3c(c2)n(C)c(=O)n3C)CC12CCCCC2. The van der Waals surface area contributed by atoms with Gasteiger partial charge in [0.25, 0.3) is 0 Å². The molecule has 8 nitrogen and oxygen atoms in total. The van der Waals surface area contributed by atoms with E-state index in [9.17, 15) is 18.0 Å². The molecule has 1 amide bonds. The summed E-state index contributed by atoms with van der Waals surface area (Å²) in [5.41, 5.74) is 0.694. The van der Waals surface area contributed by atoms with Crippen molar-refractivity contribution in [2.24, 2.45) is 14.1 Å². The minimum absolute atomic E-state index is 0.0182. The highest BCUT2D eigenvalue weighted by atomic mass is 32.2. The van der Waals surface area contributed by atoms with Crippen LogP contribution in [0, 0.1) is 0 Å². The van der Waals surface area contributed by atoms with Crippen LogP contribution in [0.15, 0.2) is 27.9 Å². The second-order valence-electron chi connectivity index (χ2n) is 8.35. The highest BCUT2D eigenvalue weighted by molar-refractivity contribution is 7.89. The molecule has 1 spiro atoms. The van der Waals surface area contributed by atoms with Crippen LogP contribution < -0.4 is 5.69 Å². The number of aromatic nitrogens is 2. The number of hydrogen-bond donors (Lipinski definition) is 0. The number of benzene rings is 1. The van der Waals surface area contributed by atoms with Crippen LogP contribution in [0.4, 0.5) is 0 Å². The Bertz CT molecular complexity index is 1130. The van der Waals surface area contributed by atoms with Crippen LogP contribution >= 0.6 is 0 Å². The van der Waals surface area contributed by atoms with Gasteiger partial charge in [-0.05, 0) is 31.0 Å². The Balaban J connectivity index is 1.72. The molecule has 0 bridgehead atoms. The quantitative estimate of drug-likeness (QED) is 0.736. The Morgan fingerprint density at radius 3 is 2.31 bits per heavy atom. The van der Waals surface area contributed by atoms with E-state index in [1.807, 2.05) is 4.90 Å². The van der Waals surface area contributed by atoms with Gasteiger partial charge in [0.2, 0.25) is 15.9 Å². The molecular weight excluding hydrogens is 392 g/mol. The lowest BCUT2D eigenvalue weighted by Crippen LogP contribution is -2.64. The largest absolute Gasteiger partial charge is 0.335 e. The summed E-state index contributed by atoms with van der Waals surface area (Å²) >= 11 is 0. The lowest BCUT2D eigenvalue weighted by atomic mass is 9.79. The normalized spacial score (nSPS) is 20.4.